The quantitative estimate of drug-likeness (QED) is 0.457. The van der Waals surface area contributed by atoms with Crippen LogP contribution in [0.3, 0.4) is 0 Å². The Balaban J connectivity index is 1.33. The first kappa shape index (κ1) is 22.8. The van der Waals surface area contributed by atoms with Gasteiger partial charge in [-0.2, -0.15) is 5.26 Å². The number of nitriles is 1. The van der Waals surface area contributed by atoms with Crippen LogP contribution in [0, 0.1) is 34.5 Å². The number of anilines is 1. The first-order chi connectivity index (χ1) is 17.0. The van der Waals surface area contributed by atoms with E-state index in [1.165, 1.54) is 37.0 Å². The van der Waals surface area contributed by atoms with Crippen LogP contribution in [0.4, 0.5) is 5.69 Å². The van der Waals surface area contributed by atoms with Crippen LogP contribution >= 0.6 is 0 Å². The first-order valence-corrected chi connectivity index (χ1v) is 13.7. The molecular formula is C29H35N3O3. The Labute approximate surface area is 207 Å². The van der Waals surface area contributed by atoms with Crippen LogP contribution in [-0.4, -0.2) is 34.7 Å². The van der Waals surface area contributed by atoms with Crippen LogP contribution in [0.15, 0.2) is 24.3 Å². The van der Waals surface area contributed by atoms with Crippen LogP contribution < -0.4 is 4.90 Å². The van der Waals surface area contributed by atoms with Gasteiger partial charge in [0.05, 0.1) is 29.2 Å². The Hall–Kier alpha value is -2.68. The summed E-state index contributed by atoms with van der Waals surface area (Å²) in [7, 11) is 0. The minimum atomic E-state index is -0.707. The van der Waals surface area contributed by atoms with Gasteiger partial charge >= 0.3 is 0 Å². The van der Waals surface area contributed by atoms with E-state index < -0.39 is 6.04 Å². The van der Waals surface area contributed by atoms with Crippen molar-refractivity contribution in [2.24, 2.45) is 23.2 Å². The van der Waals surface area contributed by atoms with E-state index >= 15 is 0 Å². The topological polar surface area (TPSA) is 81.5 Å². The summed E-state index contributed by atoms with van der Waals surface area (Å²) in [6.07, 6.45) is 13.1. The fourth-order valence-corrected chi connectivity index (χ4v) is 8.53. The summed E-state index contributed by atoms with van der Waals surface area (Å²) in [6, 6.07) is 8.00. The van der Waals surface area contributed by atoms with Crippen LogP contribution in [-0.2, 0) is 14.4 Å². The fraction of sp³-hybridized carbons (Fsp3) is 0.655. The molecule has 0 spiro atoms. The second-order valence-electron chi connectivity index (χ2n) is 12.0. The number of carbonyl (C=O) groups excluding carboxylic acids is 3. The summed E-state index contributed by atoms with van der Waals surface area (Å²) < 4.78 is 0. The molecule has 1 saturated heterocycles. The highest BCUT2D eigenvalue weighted by atomic mass is 16.2. The van der Waals surface area contributed by atoms with Gasteiger partial charge in [0, 0.05) is 6.04 Å². The number of nitrogens with zero attached hydrogens (tertiary/aromatic N) is 3. The molecule has 184 valence electrons. The molecule has 6 nitrogen and oxygen atoms in total. The normalized spacial score (nSPS) is 34.7. The average Bonchev–Trinajstić information content (AvgIpc) is 3.00. The molecule has 6 heteroatoms. The molecule has 6 fully saturated rings. The number of hydrogen-bond donors (Lipinski definition) is 0. The second kappa shape index (κ2) is 8.76. The van der Waals surface area contributed by atoms with E-state index in [1.807, 2.05) is 4.90 Å². The first-order valence-electron chi connectivity index (χ1n) is 13.7. The maximum Gasteiger partial charge on any atom is 0.257 e. The Kier molecular flexibility index (Phi) is 5.70. The van der Waals surface area contributed by atoms with Crippen molar-refractivity contribution in [2.75, 3.05) is 4.90 Å². The third-order valence-corrected chi connectivity index (χ3v) is 9.66. The summed E-state index contributed by atoms with van der Waals surface area (Å²) in [5.41, 5.74) is 0.651. The zero-order chi connectivity index (χ0) is 24.2. The van der Waals surface area contributed by atoms with E-state index in [4.69, 9.17) is 5.26 Å². The summed E-state index contributed by atoms with van der Waals surface area (Å²) >= 11 is 0. The molecule has 1 aromatic rings. The summed E-state index contributed by atoms with van der Waals surface area (Å²) in [5.74, 6) is 1.60. The monoisotopic (exact) mass is 473 g/mol. The third-order valence-electron chi connectivity index (χ3n) is 9.66. The molecule has 0 radical (unpaired) electrons. The Morgan fingerprint density at radius 1 is 0.914 bits per heavy atom. The van der Waals surface area contributed by atoms with Gasteiger partial charge in [0.1, 0.15) is 6.04 Å². The molecule has 0 aromatic heterocycles. The Morgan fingerprint density at radius 2 is 1.49 bits per heavy atom. The zero-order valence-electron chi connectivity index (χ0n) is 20.5. The number of benzene rings is 1. The van der Waals surface area contributed by atoms with Crippen molar-refractivity contribution < 1.29 is 14.4 Å². The van der Waals surface area contributed by atoms with Gasteiger partial charge in [0.15, 0.2) is 0 Å². The minimum absolute atomic E-state index is 0.0423. The van der Waals surface area contributed by atoms with Crippen LogP contribution in [0.5, 0.6) is 0 Å². The van der Waals surface area contributed by atoms with E-state index in [0.29, 0.717) is 29.0 Å². The lowest BCUT2D eigenvalue weighted by atomic mass is 9.49. The predicted molar refractivity (Wildman–Crippen MR) is 131 cm³/mol. The molecule has 1 heterocycles. The van der Waals surface area contributed by atoms with Gasteiger partial charge in [0.25, 0.3) is 5.91 Å². The smallest absolute Gasteiger partial charge is 0.257 e. The number of carbonyl (C=O) groups is 3. The van der Waals surface area contributed by atoms with Crippen molar-refractivity contribution in [3.63, 3.8) is 0 Å². The van der Waals surface area contributed by atoms with Gasteiger partial charge < -0.3 is 4.90 Å². The molecule has 6 aliphatic rings. The van der Waals surface area contributed by atoms with Crippen LogP contribution in [0.25, 0.3) is 0 Å². The third kappa shape index (κ3) is 3.88. The number of rotatable bonds is 4. The SMILES string of the molecule is N#Cc1ccc(N2C(=O)CC(N(C(=O)C34CC5CC(CC(C5)C3)C4)C3CCCCCC3)C2=O)cc1. The van der Waals surface area contributed by atoms with Crippen molar-refractivity contribution in [3.8, 4) is 6.07 Å². The van der Waals surface area contributed by atoms with Gasteiger partial charge in [-0.25, -0.2) is 4.90 Å². The Morgan fingerprint density at radius 3 is 2.03 bits per heavy atom. The van der Waals surface area contributed by atoms with Crippen molar-refractivity contribution >= 4 is 23.4 Å². The molecule has 7 rings (SSSR count). The second-order valence-corrected chi connectivity index (χ2v) is 12.0. The van der Waals surface area contributed by atoms with Crippen molar-refractivity contribution in [1.29, 1.82) is 5.26 Å². The summed E-state index contributed by atoms with van der Waals surface area (Å²) in [4.78, 5) is 44.8. The van der Waals surface area contributed by atoms with Gasteiger partial charge in [-0.15, -0.1) is 0 Å². The highest BCUT2D eigenvalue weighted by molar-refractivity contribution is 6.23. The molecule has 1 aliphatic heterocycles. The number of amides is 3. The maximum atomic E-state index is 14.6. The molecule has 1 atom stereocenters. The van der Waals surface area contributed by atoms with Crippen molar-refractivity contribution in [2.45, 2.75) is 95.6 Å². The van der Waals surface area contributed by atoms with E-state index in [0.717, 1.165) is 44.9 Å². The molecule has 1 unspecified atom stereocenters. The van der Waals surface area contributed by atoms with Crippen LogP contribution in [0.2, 0.25) is 0 Å². The molecule has 5 saturated carbocycles. The molecule has 35 heavy (non-hydrogen) atoms. The van der Waals surface area contributed by atoms with Gasteiger partial charge in [0.2, 0.25) is 11.8 Å². The lowest BCUT2D eigenvalue weighted by Gasteiger charge is -2.57. The van der Waals surface area contributed by atoms with Crippen molar-refractivity contribution in [3.05, 3.63) is 29.8 Å². The summed E-state index contributed by atoms with van der Waals surface area (Å²) in [6.45, 7) is 0. The molecule has 5 aliphatic carbocycles. The maximum absolute atomic E-state index is 14.6. The minimum Gasteiger partial charge on any atom is -0.327 e. The van der Waals surface area contributed by atoms with E-state index in [9.17, 15) is 14.4 Å². The number of hydrogen-bond acceptors (Lipinski definition) is 4. The van der Waals surface area contributed by atoms with Gasteiger partial charge in [-0.3, -0.25) is 14.4 Å². The average molecular weight is 474 g/mol. The number of imide groups is 1. The standard InChI is InChI=1S/C29H35N3O3/c30-18-19-7-9-24(10-8-19)32-26(33)14-25(27(32)34)31(23-5-3-1-2-4-6-23)28(35)29-15-20-11-21(16-29)13-22(12-20)17-29/h7-10,20-23,25H,1-6,11-17H2. The van der Waals surface area contributed by atoms with Crippen molar-refractivity contribution in [1.82, 2.24) is 4.90 Å². The lowest BCUT2D eigenvalue weighted by Crippen LogP contribution is -2.60. The fourth-order valence-electron chi connectivity index (χ4n) is 8.53. The van der Waals surface area contributed by atoms with E-state index in [2.05, 4.69) is 6.07 Å². The predicted octanol–water partition coefficient (Wildman–Crippen LogP) is 4.96. The molecule has 4 bridgehead atoms. The Bertz CT molecular complexity index is 1030. The summed E-state index contributed by atoms with van der Waals surface area (Å²) in [5, 5.41) is 9.12. The lowest BCUT2D eigenvalue weighted by molar-refractivity contribution is -0.164. The molecule has 1 aromatic carbocycles. The van der Waals surface area contributed by atoms with Gasteiger partial charge in [-0.1, -0.05) is 25.7 Å². The van der Waals surface area contributed by atoms with Crippen LogP contribution in [0.1, 0.15) is 89.0 Å². The van der Waals surface area contributed by atoms with Gasteiger partial charge in [-0.05, 0) is 93.4 Å². The highest BCUT2D eigenvalue weighted by Crippen LogP contribution is 2.61. The largest absolute Gasteiger partial charge is 0.327 e. The highest BCUT2D eigenvalue weighted by Gasteiger charge is 2.58. The molecule has 3 amide bonds. The molecule has 0 N–H and O–H groups in total. The molecular weight excluding hydrogens is 438 g/mol. The van der Waals surface area contributed by atoms with E-state index in [-0.39, 0.29) is 35.6 Å². The van der Waals surface area contributed by atoms with E-state index in [1.54, 1.807) is 24.3 Å². The zero-order valence-corrected chi connectivity index (χ0v) is 20.5.